The molecule has 0 bridgehead atoms. The summed E-state index contributed by atoms with van der Waals surface area (Å²) in [5.41, 5.74) is 2.46. The van der Waals surface area contributed by atoms with E-state index in [1.807, 2.05) is 18.3 Å². The van der Waals surface area contributed by atoms with Crippen LogP contribution in [0.2, 0.25) is 0 Å². The van der Waals surface area contributed by atoms with Gasteiger partial charge in [-0.1, -0.05) is 12.2 Å². The molecule has 1 saturated heterocycles. The number of hydrogen-bond acceptors (Lipinski definition) is 5. The van der Waals surface area contributed by atoms with Crippen molar-refractivity contribution in [1.82, 2.24) is 10.3 Å². The van der Waals surface area contributed by atoms with Gasteiger partial charge in [0.15, 0.2) is 0 Å². The Labute approximate surface area is 146 Å². The Morgan fingerprint density at radius 1 is 1.12 bits per heavy atom. The van der Waals surface area contributed by atoms with Crippen molar-refractivity contribution in [3.05, 3.63) is 37.6 Å². The number of pyridine rings is 1. The molecule has 1 aliphatic rings. The maximum Gasteiger partial charge on any atom is 0.130 e. The lowest BCUT2D eigenvalue weighted by atomic mass is 10.2. The number of piperazine rings is 1. The molecule has 2 rings (SSSR count). The molecule has 0 amide bonds. The molecule has 1 fully saturated rings. The van der Waals surface area contributed by atoms with Gasteiger partial charge in [-0.25, -0.2) is 4.98 Å². The molecule has 1 N–H and O–H groups in total. The maximum atomic E-state index is 4.73. The standard InChI is InChI=1S/C19H31N5/c1-5-11-22(7-3)18-16-21-19(23(8-4)12-6-2)15-17(18)24-13-9-20-10-14-24/h5-6,15-16,20H,1-2,7-14H2,3-4H3. The van der Waals surface area contributed by atoms with Crippen LogP contribution in [-0.4, -0.2) is 57.3 Å². The van der Waals surface area contributed by atoms with Crippen molar-refractivity contribution in [3.63, 3.8) is 0 Å². The van der Waals surface area contributed by atoms with E-state index in [9.17, 15) is 0 Å². The largest absolute Gasteiger partial charge is 0.367 e. The zero-order valence-electron chi connectivity index (χ0n) is 15.2. The zero-order valence-corrected chi connectivity index (χ0v) is 15.2. The van der Waals surface area contributed by atoms with Gasteiger partial charge >= 0.3 is 0 Å². The van der Waals surface area contributed by atoms with Crippen molar-refractivity contribution in [2.75, 3.05) is 67.1 Å². The number of hydrogen-bond donors (Lipinski definition) is 1. The molecule has 5 heteroatoms. The van der Waals surface area contributed by atoms with Crippen LogP contribution < -0.4 is 20.0 Å². The Kier molecular flexibility index (Phi) is 7.12. The number of anilines is 3. The van der Waals surface area contributed by atoms with E-state index in [0.717, 1.165) is 58.2 Å². The number of likely N-dealkylation sites (N-methyl/N-ethyl adjacent to an activating group) is 2. The van der Waals surface area contributed by atoms with Crippen LogP contribution in [0.3, 0.4) is 0 Å². The first-order chi connectivity index (χ1) is 11.7. The number of rotatable bonds is 9. The van der Waals surface area contributed by atoms with Crippen LogP contribution in [0.15, 0.2) is 37.6 Å². The topological polar surface area (TPSA) is 34.6 Å². The van der Waals surface area contributed by atoms with Crippen LogP contribution in [0, 0.1) is 0 Å². The smallest absolute Gasteiger partial charge is 0.130 e. The number of nitrogens with zero attached hydrogens (tertiary/aromatic N) is 4. The minimum atomic E-state index is 0.813. The monoisotopic (exact) mass is 329 g/mol. The Bertz CT molecular complexity index is 537. The van der Waals surface area contributed by atoms with E-state index in [2.05, 4.69) is 53.1 Å². The van der Waals surface area contributed by atoms with E-state index in [1.165, 1.54) is 11.4 Å². The minimum absolute atomic E-state index is 0.813. The summed E-state index contributed by atoms with van der Waals surface area (Å²) in [6.07, 6.45) is 5.90. The van der Waals surface area contributed by atoms with Gasteiger partial charge in [-0.2, -0.15) is 0 Å². The second kappa shape index (κ2) is 9.33. The van der Waals surface area contributed by atoms with E-state index >= 15 is 0 Å². The average Bonchev–Trinajstić information content (AvgIpc) is 2.64. The van der Waals surface area contributed by atoms with Gasteiger partial charge in [-0.05, 0) is 13.8 Å². The highest BCUT2D eigenvalue weighted by Gasteiger charge is 2.19. The van der Waals surface area contributed by atoms with E-state index in [4.69, 9.17) is 4.98 Å². The number of aromatic nitrogens is 1. The van der Waals surface area contributed by atoms with E-state index in [-0.39, 0.29) is 0 Å². The summed E-state index contributed by atoms with van der Waals surface area (Å²) in [7, 11) is 0. The Balaban J connectivity index is 2.41. The van der Waals surface area contributed by atoms with Gasteiger partial charge < -0.3 is 20.0 Å². The highest BCUT2D eigenvalue weighted by Crippen LogP contribution is 2.32. The summed E-state index contributed by atoms with van der Waals surface area (Å²) in [6, 6.07) is 2.24. The van der Waals surface area contributed by atoms with Gasteiger partial charge in [0.2, 0.25) is 0 Å². The van der Waals surface area contributed by atoms with Crippen molar-refractivity contribution in [2.45, 2.75) is 13.8 Å². The summed E-state index contributed by atoms with van der Waals surface area (Å²) >= 11 is 0. The van der Waals surface area contributed by atoms with Gasteiger partial charge in [0.25, 0.3) is 0 Å². The first-order valence-electron chi connectivity index (χ1n) is 8.92. The SMILES string of the molecule is C=CCN(CC)c1cc(N2CCNCC2)c(N(CC)CC=C)cn1. The van der Waals surface area contributed by atoms with Crippen LogP contribution in [-0.2, 0) is 0 Å². The van der Waals surface area contributed by atoms with Crippen LogP contribution >= 0.6 is 0 Å². The van der Waals surface area contributed by atoms with Gasteiger partial charge in [-0.3, -0.25) is 0 Å². The van der Waals surface area contributed by atoms with Crippen LogP contribution in [0.5, 0.6) is 0 Å². The summed E-state index contributed by atoms with van der Waals surface area (Å²) in [6.45, 7) is 19.7. The van der Waals surface area contributed by atoms with Gasteiger partial charge in [-0.15, -0.1) is 13.2 Å². The fourth-order valence-electron chi connectivity index (χ4n) is 3.10. The van der Waals surface area contributed by atoms with Crippen molar-refractivity contribution in [3.8, 4) is 0 Å². The van der Waals surface area contributed by atoms with Crippen LogP contribution in [0.1, 0.15) is 13.8 Å². The number of nitrogens with one attached hydrogen (secondary N) is 1. The molecule has 0 atom stereocenters. The molecule has 5 nitrogen and oxygen atoms in total. The first kappa shape index (κ1) is 18.3. The summed E-state index contributed by atoms with van der Waals surface area (Å²) in [4.78, 5) is 11.8. The van der Waals surface area contributed by atoms with Gasteiger partial charge in [0, 0.05) is 58.4 Å². The highest BCUT2D eigenvalue weighted by molar-refractivity contribution is 5.74. The molecule has 0 radical (unpaired) electrons. The maximum absolute atomic E-state index is 4.73. The van der Waals surface area contributed by atoms with E-state index < -0.39 is 0 Å². The second-order valence-electron chi connectivity index (χ2n) is 5.92. The van der Waals surface area contributed by atoms with Crippen LogP contribution in [0.25, 0.3) is 0 Å². The van der Waals surface area contributed by atoms with Crippen molar-refractivity contribution < 1.29 is 0 Å². The molecule has 0 unspecified atom stereocenters. The molecule has 132 valence electrons. The molecule has 0 spiro atoms. The fourth-order valence-corrected chi connectivity index (χ4v) is 3.10. The summed E-state index contributed by atoms with van der Waals surface area (Å²) in [5, 5.41) is 3.43. The minimum Gasteiger partial charge on any atom is -0.367 e. The summed E-state index contributed by atoms with van der Waals surface area (Å²) in [5.74, 6) is 1.02. The van der Waals surface area contributed by atoms with Gasteiger partial charge in [0.1, 0.15) is 5.82 Å². The molecule has 0 saturated carbocycles. The molecule has 1 aromatic rings. The van der Waals surface area contributed by atoms with Crippen molar-refractivity contribution in [2.24, 2.45) is 0 Å². The predicted octanol–water partition coefficient (Wildman–Crippen LogP) is 2.52. The average molecular weight is 329 g/mol. The first-order valence-corrected chi connectivity index (χ1v) is 8.92. The normalized spacial score (nSPS) is 14.3. The Hall–Kier alpha value is -2.01. The quantitative estimate of drug-likeness (QED) is 0.704. The lowest BCUT2D eigenvalue weighted by Gasteiger charge is -2.35. The molecule has 24 heavy (non-hydrogen) atoms. The molecule has 1 aliphatic heterocycles. The Morgan fingerprint density at radius 3 is 2.33 bits per heavy atom. The molecule has 0 aliphatic carbocycles. The third kappa shape index (κ3) is 4.29. The van der Waals surface area contributed by atoms with Gasteiger partial charge in [0.05, 0.1) is 17.6 Å². The third-order valence-electron chi connectivity index (χ3n) is 4.43. The van der Waals surface area contributed by atoms with Crippen molar-refractivity contribution in [1.29, 1.82) is 0 Å². The molecular weight excluding hydrogens is 298 g/mol. The van der Waals surface area contributed by atoms with Crippen molar-refractivity contribution >= 4 is 17.2 Å². The van der Waals surface area contributed by atoms with E-state index in [0.29, 0.717) is 0 Å². The van der Waals surface area contributed by atoms with E-state index in [1.54, 1.807) is 0 Å². The summed E-state index contributed by atoms with van der Waals surface area (Å²) < 4.78 is 0. The third-order valence-corrected chi connectivity index (χ3v) is 4.43. The Morgan fingerprint density at radius 2 is 1.75 bits per heavy atom. The predicted molar refractivity (Wildman–Crippen MR) is 105 cm³/mol. The van der Waals surface area contributed by atoms with Crippen LogP contribution in [0.4, 0.5) is 17.2 Å². The highest BCUT2D eigenvalue weighted by atomic mass is 15.2. The molecular formula is C19H31N5. The molecule has 2 heterocycles. The lowest BCUT2D eigenvalue weighted by molar-refractivity contribution is 0.588. The lowest BCUT2D eigenvalue weighted by Crippen LogP contribution is -2.44. The molecule has 0 aromatic carbocycles. The fraction of sp³-hybridized carbons (Fsp3) is 0.526. The molecule has 1 aromatic heterocycles. The second-order valence-corrected chi connectivity index (χ2v) is 5.92. The zero-order chi connectivity index (χ0) is 17.4.